The second-order valence-corrected chi connectivity index (χ2v) is 8.69. The Labute approximate surface area is 204 Å². The molecule has 0 aromatic heterocycles. The van der Waals surface area contributed by atoms with E-state index in [0.717, 1.165) is 10.9 Å². The topological polar surface area (TPSA) is 102 Å². The number of halogens is 2. The first-order chi connectivity index (χ1) is 15.8. The number of benzene rings is 2. The van der Waals surface area contributed by atoms with E-state index >= 15 is 0 Å². The number of rotatable bonds is 8. The van der Waals surface area contributed by atoms with Gasteiger partial charge in [-0.1, -0.05) is 34.5 Å². The molecular weight excluding hydrogens is 516 g/mol. The molecule has 1 fully saturated rings. The molecule has 0 radical (unpaired) electrons. The van der Waals surface area contributed by atoms with Gasteiger partial charge in [-0.25, -0.2) is 4.79 Å². The molecule has 2 amide bonds. The molecule has 1 atom stereocenters. The molecule has 10 heteroatoms. The third-order valence-corrected chi connectivity index (χ3v) is 5.67. The van der Waals surface area contributed by atoms with Crippen LogP contribution in [0.15, 0.2) is 46.9 Å². The number of nitrogens with one attached hydrogen (secondary N) is 1. The molecule has 1 aliphatic heterocycles. The third kappa shape index (κ3) is 6.55. The van der Waals surface area contributed by atoms with E-state index in [9.17, 15) is 19.2 Å². The minimum Gasteiger partial charge on any atom is -0.462 e. The fourth-order valence-corrected chi connectivity index (χ4v) is 3.92. The van der Waals surface area contributed by atoms with E-state index in [1.807, 2.05) is 6.92 Å². The van der Waals surface area contributed by atoms with Crippen molar-refractivity contribution in [3.63, 3.8) is 0 Å². The summed E-state index contributed by atoms with van der Waals surface area (Å²) >= 11 is 9.34. The van der Waals surface area contributed by atoms with Gasteiger partial charge in [0.05, 0.1) is 28.8 Å². The van der Waals surface area contributed by atoms with Crippen LogP contribution in [-0.2, 0) is 23.9 Å². The number of hydrogen-bond donors (Lipinski definition) is 1. The Hall–Kier alpha value is -2.91. The van der Waals surface area contributed by atoms with Crippen molar-refractivity contribution in [2.75, 3.05) is 30.0 Å². The van der Waals surface area contributed by atoms with E-state index in [1.165, 1.54) is 4.90 Å². The maximum atomic E-state index is 12.4. The van der Waals surface area contributed by atoms with Crippen molar-refractivity contribution in [3.05, 3.63) is 57.5 Å². The van der Waals surface area contributed by atoms with Gasteiger partial charge in [0.15, 0.2) is 6.61 Å². The molecule has 0 unspecified atom stereocenters. The summed E-state index contributed by atoms with van der Waals surface area (Å²) in [7, 11) is 0. The van der Waals surface area contributed by atoms with Crippen LogP contribution >= 0.6 is 27.5 Å². The van der Waals surface area contributed by atoms with Gasteiger partial charge in [-0.3, -0.25) is 14.4 Å². The standard InChI is InChI=1S/C23H22BrClN2O6/c1-2-9-32-22(30)14-3-6-17(7-4-14)27-12-15(10-21(27)29)23(31)33-13-20(28)26-19-8-5-16(24)11-18(19)25/h3-8,11,15H,2,9-10,12-13H2,1H3,(H,26,28)/t15-/m0/s1. The Kier molecular flexibility index (Phi) is 8.46. The second kappa shape index (κ2) is 11.3. The highest BCUT2D eigenvalue weighted by Crippen LogP contribution is 2.27. The molecule has 1 aliphatic rings. The first kappa shape index (κ1) is 24.7. The van der Waals surface area contributed by atoms with Crippen LogP contribution in [0.2, 0.25) is 5.02 Å². The maximum absolute atomic E-state index is 12.4. The lowest BCUT2D eigenvalue weighted by molar-refractivity contribution is -0.151. The molecule has 174 valence electrons. The molecular formula is C23H22BrClN2O6. The predicted octanol–water partition coefficient (Wildman–Crippen LogP) is 4.20. The van der Waals surface area contributed by atoms with Crippen LogP contribution in [0.3, 0.4) is 0 Å². The predicted molar refractivity (Wildman–Crippen MR) is 126 cm³/mol. The van der Waals surface area contributed by atoms with E-state index in [0.29, 0.717) is 28.6 Å². The van der Waals surface area contributed by atoms with Crippen LogP contribution in [0.25, 0.3) is 0 Å². The number of carbonyl (C=O) groups is 4. The smallest absolute Gasteiger partial charge is 0.338 e. The first-order valence-corrected chi connectivity index (χ1v) is 11.4. The number of amides is 2. The fraction of sp³-hybridized carbons (Fsp3) is 0.304. The lowest BCUT2D eigenvalue weighted by Gasteiger charge is -2.17. The number of ether oxygens (including phenoxy) is 2. The second-order valence-electron chi connectivity index (χ2n) is 7.37. The lowest BCUT2D eigenvalue weighted by Crippen LogP contribution is -2.28. The molecule has 33 heavy (non-hydrogen) atoms. The molecule has 3 rings (SSSR count). The van der Waals surface area contributed by atoms with Gasteiger partial charge in [0.25, 0.3) is 5.91 Å². The van der Waals surface area contributed by atoms with Crippen LogP contribution in [0.5, 0.6) is 0 Å². The van der Waals surface area contributed by atoms with Gasteiger partial charge in [-0.2, -0.15) is 0 Å². The number of anilines is 2. The van der Waals surface area contributed by atoms with Gasteiger partial charge < -0.3 is 19.7 Å². The summed E-state index contributed by atoms with van der Waals surface area (Å²) in [5, 5.41) is 2.91. The number of nitrogens with zero attached hydrogens (tertiary/aromatic N) is 1. The van der Waals surface area contributed by atoms with Crippen molar-refractivity contribution in [3.8, 4) is 0 Å². The highest BCUT2D eigenvalue weighted by molar-refractivity contribution is 9.10. The molecule has 1 N–H and O–H groups in total. The minimum atomic E-state index is -0.698. The summed E-state index contributed by atoms with van der Waals surface area (Å²) in [5.41, 5.74) is 1.34. The van der Waals surface area contributed by atoms with E-state index in [1.54, 1.807) is 42.5 Å². The molecule has 2 aromatic carbocycles. The summed E-state index contributed by atoms with van der Waals surface area (Å²) in [6, 6.07) is 11.4. The number of hydrogen-bond acceptors (Lipinski definition) is 6. The van der Waals surface area contributed by atoms with Gasteiger partial charge in [0.2, 0.25) is 5.91 Å². The Morgan fingerprint density at radius 2 is 1.88 bits per heavy atom. The molecule has 0 saturated carbocycles. The third-order valence-electron chi connectivity index (χ3n) is 4.86. The fourth-order valence-electron chi connectivity index (χ4n) is 3.20. The van der Waals surface area contributed by atoms with Crippen molar-refractivity contribution in [1.82, 2.24) is 0 Å². The number of carbonyl (C=O) groups excluding carboxylic acids is 4. The van der Waals surface area contributed by atoms with Crippen LogP contribution in [0.4, 0.5) is 11.4 Å². The Bertz CT molecular complexity index is 1060. The molecule has 1 heterocycles. The zero-order chi connectivity index (χ0) is 24.0. The minimum absolute atomic E-state index is 0.0285. The van der Waals surface area contributed by atoms with Crippen LogP contribution < -0.4 is 10.2 Å². The monoisotopic (exact) mass is 536 g/mol. The van der Waals surface area contributed by atoms with Crippen LogP contribution in [0.1, 0.15) is 30.1 Å². The molecule has 0 bridgehead atoms. The molecule has 0 spiro atoms. The quantitative estimate of drug-likeness (QED) is 0.506. The van der Waals surface area contributed by atoms with Gasteiger partial charge in [0.1, 0.15) is 0 Å². The molecule has 2 aromatic rings. The SMILES string of the molecule is CCCOC(=O)c1ccc(N2C[C@@H](C(=O)OCC(=O)Nc3ccc(Br)cc3Cl)CC2=O)cc1. The Morgan fingerprint density at radius 1 is 1.15 bits per heavy atom. The van der Waals surface area contributed by atoms with E-state index < -0.39 is 30.4 Å². The molecule has 1 saturated heterocycles. The van der Waals surface area contributed by atoms with E-state index in [-0.39, 0.29) is 18.9 Å². The average molecular weight is 538 g/mol. The van der Waals surface area contributed by atoms with Crippen LogP contribution in [-0.4, -0.2) is 43.5 Å². The van der Waals surface area contributed by atoms with E-state index in [4.69, 9.17) is 21.1 Å². The lowest BCUT2D eigenvalue weighted by atomic mass is 10.1. The summed E-state index contributed by atoms with van der Waals surface area (Å²) in [4.78, 5) is 50.3. The zero-order valence-electron chi connectivity index (χ0n) is 17.8. The maximum Gasteiger partial charge on any atom is 0.338 e. The van der Waals surface area contributed by atoms with Crippen molar-refractivity contribution in [1.29, 1.82) is 0 Å². The summed E-state index contributed by atoms with van der Waals surface area (Å²) in [6.07, 6.45) is 0.697. The van der Waals surface area contributed by atoms with Crippen molar-refractivity contribution in [2.24, 2.45) is 5.92 Å². The number of esters is 2. The summed E-state index contributed by atoms with van der Waals surface area (Å²) in [5.74, 6) is -2.55. The van der Waals surface area contributed by atoms with Crippen molar-refractivity contribution >= 4 is 62.7 Å². The van der Waals surface area contributed by atoms with E-state index in [2.05, 4.69) is 21.2 Å². The molecule has 0 aliphatic carbocycles. The normalized spacial score (nSPS) is 15.3. The van der Waals surface area contributed by atoms with Crippen molar-refractivity contribution < 1.29 is 28.7 Å². The summed E-state index contributed by atoms with van der Waals surface area (Å²) < 4.78 is 10.9. The largest absolute Gasteiger partial charge is 0.462 e. The van der Waals surface area contributed by atoms with Gasteiger partial charge in [0, 0.05) is 23.1 Å². The average Bonchev–Trinajstić information content (AvgIpc) is 3.19. The Balaban J connectivity index is 1.52. The van der Waals surface area contributed by atoms with Crippen LogP contribution in [0, 0.1) is 5.92 Å². The van der Waals surface area contributed by atoms with Gasteiger partial charge >= 0.3 is 11.9 Å². The Morgan fingerprint density at radius 3 is 2.55 bits per heavy atom. The highest BCUT2D eigenvalue weighted by Gasteiger charge is 2.36. The molecule has 8 nitrogen and oxygen atoms in total. The first-order valence-electron chi connectivity index (χ1n) is 10.3. The zero-order valence-corrected chi connectivity index (χ0v) is 20.1. The highest BCUT2D eigenvalue weighted by atomic mass is 79.9. The van der Waals surface area contributed by atoms with Crippen molar-refractivity contribution in [2.45, 2.75) is 19.8 Å². The van der Waals surface area contributed by atoms with Gasteiger partial charge in [-0.15, -0.1) is 0 Å². The van der Waals surface area contributed by atoms with Gasteiger partial charge in [-0.05, 0) is 48.9 Å². The summed E-state index contributed by atoms with van der Waals surface area (Å²) in [6.45, 7) is 1.87.